The number of rotatable bonds is 5. The van der Waals surface area contributed by atoms with Crippen molar-refractivity contribution in [2.45, 2.75) is 33.6 Å². The molecule has 0 N–H and O–H groups in total. The summed E-state index contributed by atoms with van der Waals surface area (Å²) in [7, 11) is 0. The Hall–Kier alpha value is -0.720. The van der Waals surface area contributed by atoms with Crippen LogP contribution in [0.4, 0.5) is 0 Å². The van der Waals surface area contributed by atoms with Gasteiger partial charge in [0, 0.05) is 12.3 Å². The molecule has 0 spiro atoms. The van der Waals surface area contributed by atoms with Crippen LogP contribution in [0.25, 0.3) is 0 Å². The molecule has 0 bridgehead atoms. The van der Waals surface area contributed by atoms with E-state index in [0.29, 0.717) is 0 Å². The maximum Gasteiger partial charge on any atom is 0.113 e. The highest BCUT2D eigenvalue weighted by molar-refractivity contribution is 5.65. The monoisotopic (exact) mass is 153 g/mol. The molecule has 0 aromatic heterocycles. The van der Waals surface area contributed by atoms with E-state index in [2.05, 4.69) is 31.9 Å². The lowest BCUT2D eigenvalue weighted by Crippen LogP contribution is -2.17. The SMILES string of the molecule is C=CC=[N+](CC)[C-](CC)CC. The summed E-state index contributed by atoms with van der Waals surface area (Å²) in [5, 5.41) is 0. The minimum atomic E-state index is 1.04. The van der Waals surface area contributed by atoms with Gasteiger partial charge in [0.25, 0.3) is 0 Å². The average Bonchev–Trinajstić information content (AvgIpc) is 2.05. The predicted molar refractivity (Wildman–Crippen MR) is 50.9 cm³/mol. The highest BCUT2D eigenvalue weighted by Gasteiger charge is 2.03. The fraction of sp³-hybridized carbons (Fsp3) is 0.600. The van der Waals surface area contributed by atoms with Crippen LogP contribution in [0.2, 0.25) is 0 Å². The Kier molecular flexibility index (Phi) is 5.63. The molecule has 0 amide bonds. The van der Waals surface area contributed by atoms with Gasteiger partial charge >= 0.3 is 0 Å². The Labute approximate surface area is 70.4 Å². The van der Waals surface area contributed by atoms with Crippen molar-refractivity contribution in [3.05, 3.63) is 18.7 Å². The van der Waals surface area contributed by atoms with Crippen LogP contribution in [0.15, 0.2) is 12.7 Å². The van der Waals surface area contributed by atoms with Gasteiger partial charge in [-0.05, 0) is 19.8 Å². The minimum Gasteiger partial charge on any atom is -0.363 e. The Morgan fingerprint density at radius 1 is 1.27 bits per heavy atom. The van der Waals surface area contributed by atoms with Crippen LogP contribution in [-0.2, 0) is 0 Å². The second kappa shape index (κ2) is 6.02. The van der Waals surface area contributed by atoms with Crippen molar-refractivity contribution in [2.75, 3.05) is 6.54 Å². The lowest BCUT2D eigenvalue weighted by Gasteiger charge is -2.19. The molecule has 0 fully saturated rings. The summed E-state index contributed by atoms with van der Waals surface area (Å²) in [5.74, 6) is 0. The van der Waals surface area contributed by atoms with E-state index < -0.39 is 0 Å². The second-order valence-corrected chi connectivity index (χ2v) is 2.44. The molecule has 1 nitrogen and oxygen atoms in total. The topological polar surface area (TPSA) is 3.01 Å². The van der Waals surface area contributed by atoms with Crippen molar-refractivity contribution < 1.29 is 4.58 Å². The van der Waals surface area contributed by atoms with Gasteiger partial charge in [-0.15, -0.1) is 6.58 Å². The predicted octanol–water partition coefficient (Wildman–Crippen LogP) is 2.63. The third-order valence-corrected chi connectivity index (χ3v) is 1.85. The van der Waals surface area contributed by atoms with Crippen molar-refractivity contribution in [2.24, 2.45) is 0 Å². The molecule has 1 heteroatoms. The van der Waals surface area contributed by atoms with Crippen LogP contribution < -0.4 is 0 Å². The van der Waals surface area contributed by atoms with Gasteiger partial charge in [-0.3, -0.25) is 0 Å². The maximum atomic E-state index is 3.69. The van der Waals surface area contributed by atoms with E-state index in [9.17, 15) is 0 Å². The van der Waals surface area contributed by atoms with E-state index >= 15 is 0 Å². The largest absolute Gasteiger partial charge is 0.363 e. The average molecular weight is 153 g/mol. The second-order valence-electron chi connectivity index (χ2n) is 2.44. The van der Waals surface area contributed by atoms with Crippen molar-refractivity contribution in [3.63, 3.8) is 0 Å². The van der Waals surface area contributed by atoms with E-state index in [4.69, 9.17) is 0 Å². The first-order chi connectivity index (χ1) is 5.29. The first-order valence-electron chi connectivity index (χ1n) is 4.37. The van der Waals surface area contributed by atoms with Crippen LogP contribution in [0, 0.1) is 6.04 Å². The molecular formula is C10H19N. The number of hydrogen-bond acceptors (Lipinski definition) is 0. The van der Waals surface area contributed by atoms with Gasteiger partial charge in [0.2, 0.25) is 0 Å². The number of nitrogens with zero attached hydrogens (tertiary/aromatic N) is 1. The third-order valence-electron chi connectivity index (χ3n) is 1.85. The zero-order valence-electron chi connectivity index (χ0n) is 7.93. The normalized spacial score (nSPS) is 11.4. The van der Waals surface area contributed by atoms with Gasteiger partial charge in [0.1, 0.15) is 6.54 Å². The Morgan fingerprint density at radius 2 is 1.82 bits per heavy atom. The summed E-state index contributed by atoms with van der Waals surface area (Å²) in [5.41, 5.74) is 0. The van der Waals surface area contributed by atoms with E-state index in [0.717, 1.165) is 19.4 Å². The molecule has 0 aromatic carbocycles. The third kappa shape index (κ3) is 3.26. The van der Waals surface area contributed by atoms with Crippen LogP contribution in [0.3, 0.4) is 0 Å². The molecule has 64 valence electrons. The zero-order valence-corrected chi connectivity index (χ0v) is 7.93. The van der Waals surface area contributed by atoms with Crippen LogP contribution in [-0.4, -0.2) is 17.3 Å². The maximum absolute atomic E-state index is 3.69. The summed E-state index contributed by atoms with van der Waals surface area (Å²) in [6.07, 6.45) is 6.15. The smallest absolute Gasteiger partial charge is 0.113 e. The van der Waals surface area contributed by atoms with Gasteiger partial charge < -0.3 is 4.58 Å². The first-order valence-corrected chi connectivity index (χ1v) is 4.37. The number of hydrogen-bond donors (Lipinski definition) is 0. The van der Waals surface area contributed by atoms with Crippen molar-refractivity contribution in [1.82, 2.24) is 0 Å². The molecule has 0 aliphatic carbocycles. The Morgan fingerprint density at radius 3 is 2.09 bits per heavy atom. The summed E-state index contributed by atoms with van der Waals surface area (Å²) in [4.78, 5) is 0. The molecule has 0 saturated carbocycles. The molecule has 0 aromatic rings. The molecule has 0 atom stereocenters. The van der Waals surface area contributed by atoms with Gasteiger partial charge in [-0.2, -0.15) is 0 Å². The molecule has 0 aliphatic heterocycles. The fourth-order valence-corrected chi connectivity index (χ4v) is 1.22. The van der Waals surface area contributed by atoms with Crippen molar-refractivity contribution >= 4 is 6.21 Å². The summed E-state index contributed by atoms with van der Waals surface area (Å²) < 4.78 is 2.26. The summed E-state index contributed by atoms with van der Waals surface area (Å²) in [6, 6.07) is 1.48. The molecule has 0 radical (unpaired) electrons. The highest BCUT2D eigenvalue weighted by Crippen LogP contribution is 2.10. The van der Waals surface area contributed by atoms with Crippen LogP contribution in [0.5, 0.6) is 0 Å². The standard InChI is InChI=1S/C10H19N/c1-5-9-11(8-4)10(6-2)7-3/h5,9H,1,6-8H2,2-4H3. The van der Waals surface area contributed by atoms with Crippen LogP contribution in [0.1, 0.15) is 33.6 Å². The van der Waals surface area contributed by atoms with E-state index in [1.165, 1.54) is 6.04 Å². The Balaban J connectivity index is 4.20. The molecule has 0 aliphatic rings. The van der Waals surface area contributed by atoms with Gasteiger partial charge in [0.05, 0.1) is 0 Å². The van der Waals surface area contributed by atoms with Gasteiger partial charge in [-0.1, -0.05) is 19.9 Å². The van der Waals surface area contributed by atoms with Gasteiger partial charge in [-0.25, -0.2) is 0 Å². The molecule has 0 unspecified atom stereocenters. The molecule has 0 rings (SSSR count). The van der Waals surface area contributed by atoms with E-state index in [1.807, 2.05) is 12.3 Å². The van der Waals surface area contributed by atoms with E-state index in [-0.39, 0.29) is 0 Å². The molecule has 0 saturated heterocycles. The van der Waals surface area contributed by atoms with E-state index in [1.54, 1.807) is 0 Å². The van der Waals surface area contributed by atoms with Crippen molar-refractivity contribution in [1.29, 1.82) is 0 Å². The quantitative estimate of drug-likeness (QED) is 0.324. The lowest BCUT2D eigenvalue weighted by molar-refractivity contribution is -0.508. The zero-order chi connectivity index (χ0) is 8.69. The molecule has 11 heavy (non-hydrogen) atoms. The van der Waals surface area contributed by atoms with Crippen LogP contribution >= 0.6 is 0 Å². The molecule has 0 heterocycles. The molecular weight excluding hydrogens is 134 g/mol. The Bertz CT molecular complexity index is 132. The first kappa shape index (κ1) is 10.3. The lowest BCUT2D eigenvalue weighted by atomic mass is 10.1. The summed E-state index contributed by atoms with van der Waals surface area (Å²) >= 11 is 0. The fourth-order valence-electron chi connectivity index (χ4n) is 1.22. The summed E-state index contributed by atoms with van der Waals surface area (Å²) in [6.45, 7) is 11.3. The van der Waals surface area contributed by atoms with Crippen molar-refractivity contribution in [3.8, 4) is 0 Å². The minimum absolute atomic E-state index is 1.04. The highest BCUT2D eigenvalue weighted by atomic mass is 15.0. The van der Waals surface area contributed by atoms with Gasteiger partial charge in [0.15, 0.2) is 0 Å². The number of allylic oxidation sites excluding steroid dienone is 1.